The lowest BCUT2D eigenvalue weighted by Crippen LogP contribution is -2.12. The highest BCUT2D eigenvalue weighted by Gasteiger charge is 2.21. The van der Waals surface area contributed by atoms with Crippen molar-refractivity contribution in [2.75, 3.05) is 0 Å². The Labute approximate surface area is 60.0 Å². The third kappa shape index (κ3) is 1.34. The second-order valence-electron chi connectivity index (χ2n) is 1.73. The van der Waals surface area contributed by atoms with Crippen molar-refractivity contribution in [3.05, 3.63) is 17.8 Å². The number of nitrogens with zero attached hydrogens (tertiary/aromatic N) is 1. The van der Waals surface area contributed by atoms with E-state index in [1.54, 1.807) is 0 Å². The summed E-state index contributed by atoms with van der Waals surface area (Å²) >= 11 is 0. The Morgan fingerprint density at radius 2 is 2.36 bits per heavy atom. The van der Waals surface area contributed by atoms with Crippen molar-refractivity contribution in [3.63, 3.8) is 0 Å². The third-order valence-electron chi connectivity index (χ3n) is 1.03. The second-order valence-corrected chi connectivity index (χ2v) is 1.73. The van der Waals surface area contributed by atoms with Crippen LogP contribution < -0.4 is 5.73 Å². The lowest BCUT2D eigenvalue weighted by molar-refractivity contribution is 0.0954. The van der Waals surface area contributed by atoms with Gasteiger partial charge in [-0.25, -0.2) is 13.8 Å². The van der Waals surface area contributed by atoms with Crippen LogP contribution in [0.4, 0.5) is 8.78 Å². The molecule has 6 heteroatoms. The van der Waals surface area contributed by atoms with E-state index in [2.05, 4.69) is 9.40 Å². The van der Waals surface area contributed by atoms with Gasteiger partial charge in [0.15, 0.2) is 12.1 Å². The number of carbonyl (C=O) groups excluding carboxylic acids is 1. The molecule has 0 aromatic carbocycles. The molecule has 1 amide bonds. The van der Waals surface area contributed by atoms with Gasteiger partial charge in [0.05, 0.1) is 0 Å². The number of primary amides is 1. The maximum absolute atomic E-state index is 11.9. The molecule has 11 heavy (non-hydrogen) atoms. The van der Waals surface area contributed by atoms with Crippen LogP contribution in [0.1, 0.15) is 22.7 Å². The van der Waals surface area contributed by atoms with E-state index in [1.165, 1.54) is 0 Å². The lowest BCUT2D eigenvalue weighted by Gasteiger charge is -1.92. The Morgan fingerprint density at radius 3 is 2.73 bits per heavy atom. The number of aromatic nitrogens is 1. The number of alkyl halides is 2. The van der Waals surface area contributed by atoms with E-state index in [0.717, 1.165) is 6.39 Å². The average Bonchev–Trinajstić information content (AvgIpc) is 2.32. The molecule has 1 aromatic rings. The molecule has 4 nitrogen and oxygen atoms in total. The van der Waals surface area contributed by atoms with Crippen LogP contribution in [0.5, 0.6) is 0 Å². The summed E-state index contributed by atoms with van der Waals surface area (Å²) in [6, 6.07) is 0. The summed E-state index contributed by atoms with van der Waals surface area (Å²) in [6.07, 6.45) is -2.09. The Balaban J connectivity index is 3.06. The van der Waals surface area contributed by atoms with Crippen LogP contribution in [0.3, 0.4) is 0 Å². The molecule has 2 N–H and O–H groups in total. The quantitative estimate of drug-likeness (QED) is 0.696. The average molecular weight is 162 g/mol. The molecule has 0 unspecified atom stereocenters. The highest BCUT2D eigenvalue weighted by Crippen LogP contribution is 2.20. The molecule has 0 fully saturated rings. The maximum Gasteiger partial charge on any atom is 0.286 e. The van der Waals surface area contributed by atoms with Crippen LogP contribution in [-0.4, -0.2) is 10.9 Å². The smallest absolute Gasteiger partial charge is 0.286 e. The van der Waals surface area contributed by atoms with Crippen LogP contribution in [0.25, 0.3) is 0 Å². The number of rotatable bonds is 2. The summed E-state index contributed by atoms with van der Waals surface area (Å²) in [5.74, 6) is -1.63. The van der Waals surface area contributed by atoms with Gasteiger partial charge in [-0.1, -0.05) is 0 Å². The number of halogens is 2. The maximum atomic E-state index is 11.9. The molecule has 1 heterocycles. The monoisotopic (exact) mass is 162 g/mol. The van der Waals surface area contributed by atoms with Gasteiger partial charge >= 0.3 is 0 Å². The van der Waals surface area contributed by atoms with E-state index >= 15 is 0 Å². The van der Waals surface area contributed by atoms with Crippen molar-refractivity contribution in [1.82, 2.24) is 4.98 Å². The number of oxazole rings is 1. The van der Waals surface area contributed by atoms with Crippen LogP contribution in [0.15, 0.2) is 10.8 Å². The summed E-state index contributed by atoms with van der Waals surface area (Å²) in [6.45, 7) is 0. The number of nitrogens with two attached hydrogens (primary N) is 1. The first kappa shape index (κ1) is 7.64. The van der Waals surface area contributed by atoms with E-state index in [4.69, 9.17) is 5.73 Å². The molecular formula is C5H4F2N2O2. The van der Waals surface area contributed by atoms with Crippen LogP contribution in [-0.2, 0) is 0 Å². The Hall–Kier alpha value is -1.46. The van der Waals surface area contributed by atoms with E-state index in [-0.39, 0.29) is 0 Å². The zero-order chi connectivity index (χ0) is 8.43. The molecule has 0 aliphatic rings. The second kappa shape index (κ2) is 2.65. The predicted molar refractivity (Wildman–Crippen MR) is 30.0 cm³/mol. The largest absolute Gasteiger partial charge is 0.438 e. The van der Waals surface area contributed by atoms with Crippen LogP contribution in [0.2, 0.25) is 0 Å². The fraction of sp³-hybridized carbons (Fsp3) is 0.200. The van der Waals surface area contributed by atoms with Crippen molar-refractivity contribution < 1.29 is 18.0 Å². The minimum Gasteiger partial charge on any atom is -0.438 e. The molecule has 0 aliphatic heterocycles. The Bertz CT molecular complexity index is 271. The number of carbonyl (C=O) groups is 1. The van der Waals surface area contributed by atoms with Crippen LogP contribution in [0, 0.1) is 0 Å². The Kier molecular flexibility index (Phi) is 1.84. The SMILES string of the molecule is NC(=O)c1ocnc1C(F)F. The van der Waals surface area contributed by atoms with Crippen molar-refractivity contribution >= 4 is 5.91 Å². The fourth-order valence-corrected chi connectivity index (χ4v) is 0.595. The van der Waals surface area contributed by atoms with Gasteiger partial charge < -0.3 is 10.2 Å². The molecule has 0 saturated carbocycles. The number of hydrogen-bond acceptors (Lipinski definition) is 3. The van der Waals surface area contributed by atoms with E-state index in [9.17, 15) is 13.6 Å². The highest BCUT2D eigenvalue weighted by atomic mass is 19.3. The molecule has 0 aliphatic carbocycles. The van der Waals surface area contributed by atoms with Crippen molar-refractivity contribution in [1.29, 1.82) is 0 Å². The first-order valence-electron chi connectivity index (χ1n) is 2.64. The van der Waals surface area contributed by atoms with Crippen molar-refractivity contribution in [3.8, 4) is 0 Å². The molecule has 1 rings (SSSR count). The molecule has 0 atom stereocenters. The normalized spacial score (nSPS) is 10.5. The van der Waals surface area contributed by atoms with Crippen molar-refractivity contribution in [2.45, 2.75) is 6.43 Å². The number of hydrogen-bond donors (Lipinski definition) is 1. The molecule has 0 radical (unpaired) electrons. The summed E-state index contributed by atoms with van der Waals surface area (Å²) in [7, 11) is 0. The third-order valence-corrected chi connectivity index (χ3v) is 1.03. The van der Waals surface area contributed by atoms with Gasteiger partial charge in [0.25, 0.3) is 12.3 Å². The first-order valence-corrected chi connectivity index (χ1v) is 2.64. The van der Waals surface area contributed by atoms with E-state index < -0.39 is 23.8 Å². The molecular weight excluding hydrogens is 158 g/mol. The summed E-state index contributed by atoms with van der Waals surface area (Å²) in [5, 5.41) is 0. The van der Waals surface area contributed by atoms with E-state index in [1.807, 2.05) is 0 Å². The Morgan fingerprint density at radius 1 is 1.73 bits per heavy atom. The van der Waals surface area contributed by atoms with Crippen molar-refractivity contribution in [2.24, 2.45) is 5.73 Å². The first-order chi connectivity index (χ1) is 5.13. The zero-order valence-corrected chi connectivity index (χ0v) is 5.25. The predicted octanol–water partition coefficient (Wildman–Crippen LogP) is 0.711. The molecule has 0 spiro atoms. The van der Waals surface area contributed by atoms with Gasteiger partial charge in [-0.3, -0.25) is 4.79 Å². The lowest BCUT2D eigenvalue weighted by atomic mass is 10.3. The van der Waals surface area contributed by atoms with Gasteiger partial charge in [0.1, 0.15) is 0 Å². The van der Waals surface area contributed by atoms with E-state index in [0.29, 0.717) is 0 Å². The van der Waals surface area contributed by atoms with Gasteiger partial charge in [-0.15, -0.1) is 0 Å². The molecule has 1 aromatic heterocycles. The number of amides is 1. The van der Waals surface area contributed by atoms with Crippen LogP contribution >= 0.6 is 0 Å². The van der Waals surface area contributed by atoms with Gasteiger partial charge in [-0.2, -0.15) is 0 Å². The van der Waals surface area contributed by atoms with Gasteiger partial charge in [0, 0.05) is 0 Å². The zero-order valence-electron chi connectivity index (χ0n) is 5.25. The summed E-state index contributed by atoms with van der Waals surface area (Å²) < 4.78 is 28.1. The standard InChI is InChI=1S/C5H4F2N2O2/c6-4(7)2-3(5(8)10)11-1-9-2/h1,4H,(H2,8,10). The van der Waals surface area contributed by atoms with Gasteiger partial charge in [0.2, 0.25) is 5.76 Å². The highest BCUT2D eigenvalue weighted by molar-refractivity contribution is 5.90. The minimum absolute atomic E-state index is 0.583. The summed E-state index contributed by atoms with van der Waals surface area (Å²) in [4.78, 5) is 13.5. The topological polar surface area (TPSA) is 69.1 Å². The fourth-order valence-electron chi connectivity index (χ4n) is 0.595. The minimum atomic E-state index is -2.84. The summed E-state index contributed by atoms with van der Waals surface area (Å²) in [5.41, 5.74) is 3.98. The molecule has 60 valence electrons. The molecule has 0 saturated heterocycles. The van der Waals surface area contributed by atoms with Gasteiger partial charge in [-0.05, 0) is 0 Å². The molecule has 0 bridgehead atoms.